The Morgan fingerprint density at radius 1 is 1.13 bits per heavy atom. The van der Waals surface area contributed by atoms with Gasteiger partial charge in [0.25, 0.3) is 0 Å². The summed E-state index contributed by atoms with van der Waals surface area (Å²) in [5.74, 6) is 1.84. The Kier molecular flexibility index (Phi) is 4.21. The molecule has 4 nitrogen and oxygen atoms in total. The summed E-state index contributed by atoms with van der Waals surface area (Å²) in [4.78, 5) is 4.21. The lowest BCUT2D eigenvalue weighted by molar-refractivity contribution is 0.345. The minimum atomic E-state index is 0.503. The van der Waals surface area contributed by atoms with Crippen LogP contribution >= 0.6 is 0 Å². The predicted molar refractivity (Wildman–Crippen MR) is 57.9 cm³/mol. The maximum atomic E-state index is 5.28. The van der Waals surface area contributed by atoms with E-state index in [4.69, 9.17) is 14.2 Å². The second kappa shape index (κ2) is 5.44. The highest BCUT2D eigenvalue weighted by atomic mass is 16.5. The van der Waals surface area contributed by atoms with Gasteiger partial charge in [-0.3, -0.25) is 0 Å². The molecule has 0 radical (unpaired) electrons. The summed E-state index contributed by atoms with van der Waals surface area (Å²) in [6, 6.07) is 1.77. The lowest BCUT2D eigenvalue weighted by Gasteiger charge is -2.12. The molecule has 0 spiro atoms. The number of pyridine rings is 1. The van der Waals surface area contributed by atoms with Crippen molar-refractivity contribution < 1.29 is 14.2 Å². The van der Waals surface area contributed by atoms with Crippen LogP contribution in [0.15, 0.2) is 6.07 Å². The van der Waals surface area contributed by atoms with E-state index in [-0.39, 0.29) is 0 Å². The summed E-state index contributed by atoms with van der Waals surface area (Å²) >= 11 is 0. The molecule has 0 aromatic carbocycles. The van der Waals surface area contributed by atoms with Crippen molar-refractivity contribution in [2.75, 3.05) is 21.3 Å². The SMILES string of the molecule is CCCc1c(OC)cc(OC)nc1OC. The van der Waals surface area contributed by atoms with Gasteiger partial charge in [-0.05, 0) is 6.42 Å². The van der Waals surface area contributed by atoms with Crippen molar-refractivity contribution in [1.29, 1.82) is 0 Å². The van der Waals surface area contributed by atoms with Crippen LogP contribution in [0.3, 0.4) is 0 Å². The maximum Gasteiger partial charge on any atom is 0.223 e. The molecule has 0 saturated heterocycles. The first-order chi connectivity index (χ1) is 7.26. The topological polar surface area (TPSA) is 40.6 Å². The molecular formula is C11H17NO3. The fraction of sp³-hybridized carbons (Fsp3) is 0.545. The molecule has 0 unspecified atom stereocenters. The minimum absolute atomic E-state index is 0.503. The zero-order valence-electron chi connectivity index (χ0n) is 9.66. The molecule has 0 atom stereocenters. The van der Waals surface area contributed by atoms with Gasteiger partial charge in [-0.1, -0.05) is 13.3 Å². The Labute approximate surface area is 90.2 Å². The lowest BCUT2D eigenvalue weighted by atomic mass is 10.1. The molecule has 1 aromatic heterocycles. The fourth-order valence-electron chi connectivity index (χ4n) is 1.44. The number of ether oxygens (including phenoxy) is 3. The van der Waals surface area contributed by atoms with Crippen molar-refractivity contribution >= 4 is 0 Å². The van der Waals surface area contributed by atoms with Crippen LogP contribution in [0.4, 0.5) is 0 Å². The van der Waals surface area contributed by atoms with Crippen LogP contribution in [0.25, 0.3) is 0 Å². The van der Waals surface area contributed by atoms with Crippen molar-refractivity contribution in [1.82, 2.24) is 4.98 Å². The molecule has 4 heteroatoms. The summed E-state index contributed by atoms with van der Waals surface area (Å²) in [5, 5.41) is 0. The van der Waals surface area contributed by atoms with E-state index in [2.05, 4.69) is 11.9 Å². The Balaban J connectivity index is 3.19. The number of hydrogen-bond donors (Lipinski definition) is 0. The first kappa shape index (κ1) is 11.6. The van der Waals surface area contributed by atoms with Crippen LogP contribution in [-0.2, 0) is 6.42 Å². The molecule has 84 valence electrons. The lowest BCUT2D eigenvalue weighted by Crippen LogP contribution is -2.01. The Bertz CT molecular complexity index is 301. The molecule has 0 bridgehead atoms. The number of hydrogen-bond acceptors (Lipinski definition) is 4. The van der Waals surface area contributed by atoms with Crippen LogP contribution in [0.2, 0.25) is 0 Å². The van der Waals surface area contributed by atoms with Crippen molar-refractivity contribution in [2.45, 2.75) is 19.8 Å². The van der Waals surface area contributed by atoms with Gasteiger partial charge in [0, 0.05) is 6.07 Å². The van der Waals surface area contributed by atoms with Gasteiger partial charge in [0.1, 0.15) is 5.75 Å². The summed E-state index contributed by atoms with van der Waals surface area (Å²) in [6.45, 7) is 2.10. The third-order valence-corrected chi connectivity index (χ3v) is 2.14. The van der Waals surface area contributed by atoms with Crippen molar-refractivity contribution in [2.24, 2.45) is 0 Å². The Hall–Kier alpha value is -1.45. The van der Waals surface area contributed by atoms with Crippen LogP contribution in [0.5, 0.6) is 17.5 Å². The van der Waals surface area contributed by atoms with Gasteiger partial charge < -0.3 is 14.2 Å². The van der Waals surface area contributed by atoms with Gasteiger partial charge in [0.2, 0.25) is 11.8 Å². The molecule has 0 saturated carbocycles. The van der Waals surface area contributed by atoms with Gasteiger partial charge in [-0.25, -0.2) is 0 Å². The highest BCUT2D eigenvalue weighted by Crippen LogP contribution is 2.31. The maximum absolute atomic E-state index is 5.28. The summed E-state index contributed by atoms with van der Waals surface area (Å²) in [5.41, 5.74) is 0.989. The van der Waals surface area contributed by atoms with Crippen molar-refractivity contribution in [3.8, 4) is 17.5 Å². The van der Waals surface area contributed by atoms with Crippen LogP contribution in [-0.4, -0.2) is 26.3 Å². The largest absolute Gasteiger partial charge is 0.496 e. The van der Waals surface area contributed by atoms with E-state index in [0.29, 0.717) is 11.8 Å². The van der Waals surface area contributed by atoms with Gasteiger partial charge >= 0.3 is 0 Å². The van der Waals surface area contributed by atoms with E-state index in [1.165, 1.54) is 0 Å². The van der Waals surface area contributed by atoms with Crippen molar-refractivity contribution in [3.63, 3.8) is 0 Å². The quantitative estimate of drug-likeness (QED) is 0.747. The number of nitrogens with zero attached hydrogens (tertiary/aromatic N) is 1. The van der Waals surface area contributed by atoms with Gasteiger partial charge in [0.15, 0.2) is 0 Å². The van der Waals surface area contributed by atoms with E-state index in [1.54, 1.807) is 27.4 Å². The van der Waals surface area contributed by atoms with Gasteiger partial charge in [-0.15, -0.1) is 0 Å². The second-order valence-corrected chi connectivity index (χ2v) is 3.10. The zero-order valence-corrected chi connectivity index (χ0v) is 9.66. The molecule has 0 aliphatic rings. The number of rotatable bonds is 5. The molecule has 0 aliphatic carbocycles. The second-order valence-electron chi connectivity index (χ2n) is 3.10. The molecule has 0 amide bonds. The highest BCUT2D eigenvalue weighted by Gasteiger charge is 2.13. The van der Waals surface area contributed by atoms with Crippen molar-refractivity contribution in [3.05, 3.63) is 11.6 Å². The third kappa shape index (κ3) is 2.52. The third-order valence-electron chi connectivity index (χ3n) is 2.14. The van der Waals surface area contributed by atoms with E-state index >= 15 is 0 Å². The molecule has 0 N–H and O–H groups in total. The van der Waals surface area contributed by atoms with E-state index in [1.807, 2.05) is 0 Å². The first-order valence-electron chi connectivity index (χ1n) is 4.92. The number of methoxy groups -OCH3 is 3. The number of aromatic nitrogens is 1. The fourth-order valence-corrected chi connectivity index (χ4v) is 1.44. The standard InChI is InChI=1S/C11H17NO3/c1-5-6-8-9(13-2)7-10(14-3)12-11(8)15-4/h7H,5-6H2,1-4H3. The van der Waals surface area contributed by atoms with Gasteiger partial charge in [0.05, 0.1) is 26.9 Å². The van der Waals surface area contributed by atoms with Gasteiger partial charge in [-0.2, -0.15) is 4.98 Å². The Morgan fingerprint density at radius 2 is 1.87 bits per heavy atom. The normalized spacial score (nSPS) is 9.87. The molecular weight excluding hydrogens is 194 g/mol. The predicted octanol–water partition coefficient (Wildman–Crippen LogP) is 2.06. The van der Waals surface area contributed by atoms with E-state index < -0.39 is 0 Å². The summed E-state index contributed by atoms with van der Waals surface area (Å²) in [6.07, 6.45) is 1.89. The zero-order chi connectivity index (χ0) is 11.3. The molecule has 0 fully saturated rings. The molecule has 1 heterocycles. The molecule has 1 aromatic rings. The molecule has 15 heavy (non-hydrogen) atoms. The molecule has 1 rings (SSSR count). The Morgan fingerprint density at radius 3 is 2.33 bits per heavy atom. The molecule has 0 aliphatic heterocycles. The van der Waals surface area contributed by atoms with Crippen LogP contribution in [0.1, 0.15) is 18.9 Å². The van der Waals surface area contributed by atoms with E-state index in [0.717, 1.165) is 24.2 Å². The first-order valence-corrected chi connectivity index (χ1v) is 4.92. The van der Waals surface area contributed by atoms with E-state index in [9.17, 15) is 0 Å². The monoisotopic (exact) mass is 211 g/mol. The average Bonchev–Trinajstić information content (AvgIpc) is 2.29. The van der Waals surface area contributed by atoms with Crippen LogP contribution < -0.4 is 14.2 Å². The highest BCUT2D eigenvalue weighted by molar-refractivity contribution is 5.44. The van der Waals surface area contributed by atoms with Crippen LogP contribution in [0, 0.1) is 0 Å². The minimum Gasteiger partial charge on any atom is -0.496 e. The smallest absolute Gasteiger partial charge is 0.223 e. The average molecular weight is 211 g/mol. The summed E-state index contributed by atoms with van der Waals surface area (Å²) in [7, 11) is 4.80. The summed E-state index contributed by atoms with van der Waals surface area (Å²) < 4.78 is 15.6.